The van der Waals surface area contributed by atoms with Gasteiger partial charge in [0.2, 0.25) is 0 Å². The number of phenolic OH excluding ortho intramolecular Hbond substituents is 1. The fourth-order valence-electron chi connectivity index (χ4n) is 2.39. The van der Waals surface area contributed by atoms with Crippen molar-refractivity contribution < 1.29 is 13.5 Å². The largest absolute Gasteiger partial charge is 0.508 e. The normalized spacial score (nSPS) is 14.0. The molecular weight excluding hydrogens is 288 g/mol. The Kier molecular flexibility index (Phi) is 3.35. The molecule has 110 valence electrons. The number of hydrogen-bond acceptors (Lipinski definition) is 4. The number of nitrogens with one attached hydrogen (secondary N) is 1. The second kappa shape index (κ2) is 5.05. The second-order valence-electron chi connectivity index (χ2n) is 5.02. The van der Waals surface area contributed by atoms with Crippen LogP contribution < -0.4 is 9.62 Å². The summed E-state index contributed by atoms with van der Waals surface area (Å²) in [5.41, 5.74) is 2.67. The lowest BCUT2D eigenvalue weighted by molar-refractivity contribution is 0.475. The van der Waals surface area contributed by atoms with Gasteiger partial charge in [0.25, 0.3) is 10.0 Å². The van der Waals surface area contributed by atoms with Crippen molar-refractivity contribution in [3.63, 3.8) is 0 Å². The maximum atomic E-state index is 12.7. The van der Waals surface area contributed by atoms with E-state index in [9.17, 15) is 13.5 Å². The van der Waals surface area contributed by atoms with Crippen LogP contribution in [0.3, 0.4) is 0 Å². The van der Waals surface area contributed by atoms with E-state index in [1.54, 1.807) is 24.3 Å². The molecule has 2 aromatic carbocycles. The number of phenols is 1. The first-order valence-corrected chi connectivity index (χ1v) is 8.03. The second-order valence-corrected chi connectivity index (χ2v) is 6.99. The molecule has 1 aliphatic rings. The number of fused-ring (bicyclic) bond motifs is 1. The third-order valence-corrected chi connectivity index (χ3v) is 5.46. The molecule has 3 rings (SSSR count). The molecule has 0 fully saturated rings. The van der Waals surface area contributed by atoms with Crippen molar-refractivity contribution in [1.29, 1.82) is 0 Å². The number of hydrogen-bond donors (Lipinski definition) is 2. The number of anilines is 1. The maximum absolute atomic E-state index is 12.7. The lowest BCUT2D eigenvalue weighted by Gasteiger charge is -2.20. The van der Waals surface area contributed by atoms with Crippen molar-refractivity contribution in [2.75, 3.05) is 11.4 Å². The van der Waals surface area contributed by atoms with Crippen molar-refractivity contribution in [2.24, 2.45) is 0 Å². The lowest BCUT2D eigenvalue weighted by Crippen LogP contribution is -2.26. The SMILES string of the molecule is CN(c1ccc(O)cc1)S(=O)(=O)c1ccc2c(c1)CNC2. The Balaban J connectivity index is 1.98. The molecular formula is C15H16N2O3S. The first-order chi connectivity index (χ1) is 9.98. The lowest BCUT2D eigenvalue weighted by atomic mass is 10.1. The molecule has 0 radical (unpaired) electrons. The van der Waals surface area contributed by atoms with Crippen LogP contribution in [-0.4, -0.2) is 20.6 Å². The Morgan fingerprint density at radius 2 is 1.71 bits per heavy atom. The highest BCUT2D eigenvalue weighted by Crippen LogP contribution is 2.26. The molecule has 0 unspecified atom stereocenters. The molecule has 1 heterocycles. The van der Waals surface area contributed by atoms with Crippen LogP contribution in [0.15, 0.2) is 47.4 Å². The molecule has 0 amide bonds. The fourth-order valence-corrected chi connectivity index (χ4v) is 3.64. The molecule has 1 aliphatic heterocycles. The Hall–Kier alpha value is -2.05. The number of nitrogens with zero attached hydrogens (tertiary/aromatic N) is 1. The molecule has 6 heteroatoms. The van der Waals surface area contributed by atoms with Crippen LogP contribution in [0.2, 0.25) is 0 Å². The fraction of sp³-hybridized carbons (Fsp3) is 0.200. The van der Waals surface area contributed by atoms with E-state index in [1.807, 2.05) is 6.07 Å². The standard InChI is InChI=1S/C15H16N2O3S/c1-17(13-3-5-14(18)6-4-13)21(19,20)15-7-2-11-9-16-10-12(11)8-15/h2-8,16,18H,9-10H2,1H3. The smallest absolute Gasteiger partial charge is 0.264 e. The van der Waals surface area contributed by atoms with Crippen LogP contribution >= 0.6 is 0 Å². The van der Waals surface area contributed by atoms with Crippen molar-refractivity contribution in [3.8, 4) is 5.75 Å². The third-order valence-electron chi connectivity index (χ3n) is 3.68. The summed E-state index contributed by atoms with van der Waals surface area (Å²) in [4.78, 5) is 0.278. The quantitative estimate of drug-likeness (QED) is 0.907. The van der Waals surface area contributed by atoms with Gasteiger partial charge in [-0.15, -0.1) is 0 Å². The van der Waals surface area contributed by atoms with E-state index in [1.165, 1.54) is 23.5 Å². The summed E-state index contributed by atoms with van der Waals surface area (Å²) in [5.74, 6) is 0.105. The number of aromatic hydroxyl groups is 1. The van der Waals surface area contributed by atoms with Crippen molar-refractivity contribution >= 4 is 15.7 Å². The van der Waals surface area contributed by atoms with Crippen molar-refractivity contribution in [3.05, 3.63) is 53.6 Å². The minimum Gasteiger partial charge on any atom is -0.508 e. The van der Waals surface area contributed by atoms with Gasteiger partial charge in [-0.25, -0.2) is 8.42 Å². The van der Waals surface area contributed by atoms with Gasteiger partial charge < -0.3 is 10.4 Å². The Morgan fingerprint density at radius 1 is 1.05 bits per heavy atom. The Labute approximate surface area is 123 Å². The van der Waals surface area contributed by atoms with Crippen LogP contribution in [0.5, 0.6) is 5.75 Å². The van der Waals surface area contributed by atoms with Gasteiger partial charge in [0.15, 0.2) is 0 Å². The predicted molar refractivity (Wildman–Crippen MR) is 80.7 cm³/mol. The Morgan fingerprint density at radius 3 is 2.43 bits per heavy atom. The molecule has 0 aromatic heterocycles. The van der Waals surface area contributed by atoms with Gasteiger partial charge in [-0.1, -0.05) is 6.07 Å². The molecule has 0 aliphatic carbocycles. The molecule has 5 nitrogen and oxygen atoms in total. The topological polar surface area (TPSA) is 69.6 Å². The highest BCUT2D eigenvalue weighted by atomic mass is 32.2. The van der Waals surface area contributed by atoms with Crippen LogP contribution in [0.25, 0.3) is 0 Å². The van der Waals surface area contributed by atoms with E-state index in [2.05, 4.69) is 5.32 Å². The van der Waals surface area contributed by atoms with E-state index in [0.717, 1.165) is 17.7 Å². The van der Waals surface area contributed by atoms with Crippen LogP contribution in [0.4, 0.5) is 5.69 Å². The van der Waals surface area contributed by atoms with Gasteiger partial charge in [0.05, 0.1) is 10.6 Å². The highest BCUT2D eigenvalue weighted by molar-refractivity contribution is 7.92. The van der Waals surface area contributed by atoms with Gasteiger partial charge in [-0.3, -0.25) is 4.31 Å². The van der Waals surface area contributed by atoms with Crippen LogP contribution in [0.1, 0.15) is 11.1 Å². The van der Waals surface area contributed by atoms with E-state index in [0.29, 0.717) is 12.2 Å². The first kappa shape index (κ1) is 13.9. The summed E-state index contributed by atoms with van der Waals surface area (Å²) < 4.78 is 26.5. The van der Waals surface area contributed by atoms with E-state index < -0.39 is 10.0 Å². The third kappa shape index (κ3) is 2.48. The Bertz CT molecular complexity index is 770. The zero-order valence-electron chi connectivity index (χ0n) is 11.6. The van der Waals surface area contributed by atoms with E-state index in [4.69, 9.17) is 0 Å². The van der Waals surface area contributed by atoms with Gasteiger partial charge in [-0.05, 0) is 47.5 Å². The molecule has 0 bridgehead atoms. The van der Waals surface area contributed by atoms with Crippen LogP contribution in [-0.2, 0) is 23.1 Å². The first-order valence-electron chi connectivity index (χ1n) is 6.59. The number of rotatable bonds is 3. The molecule has 21 heavy (non-hydrogen) atoms. The summed E-state index contributed by atoms with van der Waals surface area (Å²) in [6.45, 7) is 1.48. The summed E-state index contributed by atoms with van der Waals surface area (Å²) in [7, 11) is -2.10. The van der Waals surface area contributed by atoms with Crippen LogP contribution in [0, 0.1) is 0 Å². The monoisotopic (exact) mass is 304 g/mol. The zero-order chi connectivity index (χ0) is 15.0. The minimum absolute atomic E-state index is 0.105. The summed E-state index contributed by atoms with van der Waals surface area (Å²) >= 11 is 0. The molecule has 2 N–H and O–H groups in total. The van der Waals surface area contributed by atoms with Gasteiger partial charge in [0.1, 0.15) is 5.75 Å². The molecule has 0 saturated heterocycles. The summed E-state index contributed by atoms with van der Waals surface area (Å²) in [5, 5.41) is 12.5. The molecule has 2 aromatic rings. The molecule has 0 atom stereocenters. The number of benzene rings is 2. The molecule has 0 saturated carbocycles. The average molecular weight is 304 g/mol. The molecule has 0 spiro atoms. The van der Waals surface area contributed by atoms with E-state index >= 15 is 0 Å². The van der Waals surface area contributed by atoms with Crippen molar-refractivity contribution in [2.45, 2.75) is 18.0 Å². The van der Waals surface area contributed by atoms with E-state index in [-0.39, 0.29) is 10.6 Å². The minimum atomic E-state index is -3.60. The van der Waals surface area contributed by atoms with Crippen molar-refractivity contribution in [1.82, 2.24) is 5.32 Å². The van der Waals surface area contributed by atoms with Gasteiger partial charge in [-0.2, -0.15) is 0 Å². The van der Waals surface area contributed by atoms with Gasteiger partial charge >= 0.3 is 0 Å². The predicted octanol–water partition coefficient (Wildman–Crippen LogP) is 1.82. The summed E-state index contributed by atoms with van der Waals surface area (Å²) in [6, 6.07) is 11.3. The number of sulfonamides is 1. The maximum Gasteiger partial charge on any atom is 0.264 e. The van der Waals surface area contributed by atoms with Gasteiger partial charge in [0, 0.05) is 20.1 Å². The average Bonchev–Trinajstić information content (AvgIpc) is 2.94. The highest BCUT2D eigenvalue weighted by Gasteiger charge is 2.23. The zero-order valence-corrected chi connectivity index (χ0v) is 12.4. The summed E-state index contributed by atoms with van der Waals surface area (Å²) in [6.07, 6.45) is 0.